The van der Waals surface area contributed by atoms with Crippen molar-refractivity contribution < 1.29 is 23.9 Å². The van der Waals surface area contributed by atoms with Crippen LogP contribution in [-0.4, -0.2) is 50.9 Å². The minimum atomic E-state index is -0.865. The molecule has 8 heteroatoms. The molecule has 0 saturated heterocycles. The maximum atomic E-state index is 12.5. The molecular weight excluding hydrogens is 410 g/mol. The molecule has 3 amide bonds. The minimum absolute atomic E-state index is 0.0760. The maximum absolute atomic E-state index is 12.5. The molecule has 0 radical (unpaired) electrons. The van der Waals surface area contributed by atoms with Gasteiger partial charge in [-0.3, -0.25) is 4.79 Å². The number of carbonyl (C=O) groups excluding carboxylic acids is 3. The number of ether oxygens (including phenoxy) is 2. The van der Waals surface area contributed by atoms with Gasteiger partial charge in [0.2, 0.25) is 5.91 Å². The first-order valence-corrected chi connectivity index (χ1v) is 10.4. The molecule has 0 heterocycles. The Kier molecular flexibility index (Phi) is 7.85. The molecule has 0 bridgehead atoms. The van der Waals surface area contributed by atoms with E-state index in [1.54, 1.807) is 0 Å². The van der Waals surface area contributed by atoms with Gasteiger partial charge < -0.3 is 25.4 Å². The molecule has 0 saturated carbocycles. The number of benzene rings is 2. The fourth-order valence-corrected chi connectivity index (χ4v) is 3.73. The summed E-state index contributed by atoms with van der Waals surface area (Å²) >= 11 is 0. The van der Waals surface area contributed by atoms with Crippen LogP contribution in [0.2, 0.25) is 0 Å². The number of likely N-dealkylation sites (N-methyl/N-ethyl adjacent to an activating group) is 1. The summed E-state index contributed by atoms with van der Waals surface area (Å²) in [5.41, 5.74) is 4.47. The summed E-state index contributed by atoms with van der Waals surface area (Å²) in [6.45, 7) is 3.83. The Bertz CT molecular complexity index is 946. The standard InChI is InChI=1S/C24H27N3O5/c1-3-14-31-23(29)26-13-12-21(22(28)25-2)27-24(30)32-15-20-18-10-6-4-8-16(18)17-9-5-7-11-19(17)20/h3-11,20-21H,1,12-15H2,2H3,(H,25,28)(H,26,29)(H,27,30)/t21-/m1/s1. The van der Waals surface area contributed by atoms with Crippen molar-refractivity contribution in [3.05, 3.63) is 72.3 Å². The van der Waals surface area contributed by atoms with Crippen LogP contribution in [0.25, 0.3) is 11.1 Å². The molecule has 8 nitrogen and oxygen atoms in total. The first kappa shape index (κ1) is 22.9. The second-order valence-corrected chi connectivity index (χ2v) is 7.24. The van der Waals surface area contributed by atoms with Gasteiger partial charge >= 0.3 is 12.2 Å². The number of nitrogens with one attached hydrogen (secondary N) is 3. The Labute approximate surface area is 187 Å². The van der Waals surface area contributed by atoms with Crippen molar-refractivity contribution in [1.82, 2.24) is 16.0 Å². The number of rotatable bonds is 9. The zero-order chi connectivity index (χ0) is 22.9. The highest BCUT2D eigenvalue weighted by Crippen LogP contribution is 2.44. The molecule has 3 N–H and O–H groups in total. The Balaban J connectivity index is 1.57. The van der Waals surface area contributed by atoms with E-state index in [1.807, 2.05) is 36.4 Å². The summed E-state index contributed by atoms with van der Waals surface area (Å²) < 4.78 is 10.3. The molecule has 1 atom stereocenters. The molecule has 0 aliphatic heterocycles. The Morgan fingerprint density at radius 2 is 1.62 bits per heavy atom. The molecule has 0 aromatic heterocycles. The van der Waals surface area contributed by atoms with Crippen molar-refractivity contribution in [3.63, 3.8) is 0 Å². The highest BCUT2D eigenvalue weighted by molar-refractivity contribution is 5.85. The summed E-state index contributed by atoms with van der Waals surface area (Å²) in [6.07, 6.45) is 0.301. The quantitative estimate of drug-likeness (QED) is 0.523. The Morgan fingerprint density at radius 1 is 1.00 bits per heavy atom. The lowest BCUT2D eigenvalue weighted by Gasteiger charge is -2.19. The second kappa shape index (κ2) is 11.0. The smallest absolute Gasteiger partial charge is 0.407 e. The summed E-state index contributed by atoms with van der Waals surface area (Å²) in [4.78, 5) is 36.1. The lowest BCUT2D eigenvalue weighted by Crippen LogP contribution is -2.47. The zero-order valence-electron chi connectivity index (χ0n) is 17.9. The van der Waals surface area contributed by atoms with E-state index in [1.165, 1.54) is 13.1 Å². The van der Waals surface area contributed by atoms with E-state index in [0.717, 1.165) is 22.3 Å². The number of carbonyl (C=O) groups is 3. The molecule has 3 rings (SSSR count). The average Bonchev–Trinajstić information content (AvgIpc) is 3.14. The van der Waals surface area contributed by atoms with Gasteiger partial charge in [0.25, 0.3) is 0 Å². The third-order valence-electron chi connectivity index (χ3n) is 5.23. The Hall–Kier alpha value is -3.81. The minimum Gasteiger partial charge on any atom is -0.449 e. The van der Waals surface area contributed by atoms with Gasteiger partial charge in [0.05, 0.1) is 0 Å². The van der Waals surface area contributed by atoms with E-state index in [4.69, 9.17) is 9.47 Å². The van der Waals surface area contributed by atoms with Crippen molar-refractivity contribution in [2.24, 2.45) is 0 Å². The van der Waals surface area contributed by atoms with Crippen molar-refractivity contribution >= 4 is 18.1 Å². The van der Waals surface area contributed by atoms with Crippen LogP contribution < -0.4 is 16.0 Å². The van der Waals surface area contributed by atoms with Crippen LogP contribution in [0, 0.1) is 0 Å². The topological polar surface area (TPSA) is 106 Å². The van der Waals surface area contributed by atoms with Gasteiger partial charge in [0.1, 0.15) is 19.3 Å². The SMILES string of the molecule is C=CCOC(=O)NCC[C@@H](NC(=O)OCC1c2ccccc2-c2ccccc21)C(=O)NC. The maximum Gasteiger partial charge on any atom is 0.407 e. The van der Waals surface area contributed by atoms with Crippen molar-refractivity contribution in [3.8, 4) is 11.1 Å². The van der Waals surface area contributed by atoms with E-state index in [2.05, 4.69) is 34.7 Å². The number of amides is 3. The molecule has 32 heavy (non-hydrogen) atoms. The van der Waals surface area contributed by atoms with Crippen LogP contribution in [0.1, 0.15) is 23.5 Å². The van der Waals surface area contributed by atoms with Crippen molar-refractivity contribution in [1.29, 1.82) is 0 Å². The number of hydrogen-bond donors (Lipinski definition) is 3. The molecule has 1 aliphatic carbocycles. The summed E-state index contributed by atoms with van der Waals surface area (Å²) in [5, 5.41) is 7.59. The highest BCUT2D eigenvalue weighted by Gasteiger charge is 2.29. The molecule has 0 unspecified atom stereocenters. The van der Waals surface area contributed by atoms with E-state index in [-0.39, 0.29) is 38.0 Å². The molecule has 1 aliphatic rings. The van der Waals surface area contributed by atoms with Gasteiger partial charge in [-0.1, -0.05) is 61.2 Å². The fraction of sp³-hybridized carbons (Fsp3) is 0.292. The summed E-state index contributed by atoms with van der Waals surface area (Å²) in [6, 6.07) is 15.2. The van der Waals surface area contributed by atoms with Gasteiger partial charge in [-0.25, -0.2) is 9.59 Å². The molecule has 2 aromatic rings. The van der Waals surface area contributed by atoms with Crippen LogP contribution in [0.15, 0.2) is 61.2 Å². The molecule has 2 aromatic carbocycles. The largest absolute Gasteiger partial charge is 0.449 e. The molecule has 168 valence electrons. The first-order chi connectivity index (χ1) is 15.5. The molecular formula is C24H27N3O5. The first-order valence-electron chi connectivity index (χ1n) is 10.4. The van der Waals surface area contributed by atoms with Crippen LogP contribution in [0.3, 0.4) is 0 Å². The predicted molar refractivity (Wildman–Crippen MR) is 120 cm³/mol. The van der Waals surface area contributed by atoms with Gasteiger partial charge in [-0.05, 0) is 28.7 Å². The molecule has 0 fully saturated rings. The van der Waals surface area contributed by atoms with Crippen molar-refractivity contribution in [2.45, 2.75) is 18.4 Å². The number of fused-ring (bicyclic) bond motifs is 3. The predicted octanol–water partition coefficient (Wildman–Crippen LogP) is 2.94. The van der Waals surface area contributed by atoms with E-state index >= 15 is 0 Å². The van der Waals surface area contributed by atoms with E-state index in [9.17, 15) is 14.4 Å². The number of hydrogen-bond acceptors (Lipinski definition) is 5. The summed E-state index contributed by atoms with van der Waals surface area (Å²) in [5.74, 6) is -0.465. The lowest BCUT2D eigenvalue weighted by atomic mass is 9.98. The Morgan fingerprint density at radius 3 is 2.22 bits per heavy atom. The third kappa shape index (κ3) is 5.46. The monoisotopic (exact) mass is 437 g/mol. The molecule has 0 spiro atoms. The highest BCUT2D eigenvalue weighted by atomic mass is 16.6. The van der Waals surface area contributed by atoms with E-state index in [0.29, 0.717) is 0 Å². The van der Waals surface area contributed by atoms with Crippen LogP contribution in [-0.2, 0) is 14.3 Å². The summed E-state index contributed by atoms with van der Waals surface area (Å²) in [7, 11) is 1.47. The number of alkyl carbamates (subject to hydrolysis) is 2. The third-order valence-corrected chi connectivity index (χ3v) is 5.23. The second-order valence-electron chi connectivity index (χ2n) is 7.24. The van der Waals surface area contributed by atoms with Gasteiger partial charge in [-0.15, -0.1) is 0 Å². The average molecular weight is 437 g/mol. The van der Waals surface area contributed by atoms with Crippen LogP contribution >= 0.6 is 0 Å². The lowest BCUT2D eigenvalue weighted by molar-refractivity contribution is -0.122. The van der Waals surface area contributed by atoms with Gasteiger partial charge in [-0.2, -0.15) is 0 Å². The van der Waals surface area contributed by atoms with Gasteiger partial charge in [0, 0.05) is 19.5 Å². The normalized spacial score (nSPS) is 12.7. The fourth-order valence-electron chi connectivity index (χ4n) is 3.73. The van der Waals surface area contributed by atoms with Crippen LogP contribution in [0.4, 0.5) is 9.59 Å². The van der Waals surface area contributed by atoms with Gasteiger partial charge in [0.15, 0.2) is 0 Å². The van der Waals surface area contributed by atoms with E-state index < -0.39 is 18.2 Å². The van der Waals surface area contributed by atoms with Crippen molar-refractivity contribution in [2.75, 3.05) is 26.8 Å². The van der Waals surface area contributed by atoms with Crippen LogP contribution in [0.5, 0.6) is 0 Å². The zero-order valence-corrected chi connectivity index (χ0v) is 17.9.